The Morgan fingerprint density at radius 2 is 2.44 bits per heavy atom. The molecule has 0 saturated carbocycles. The molecule has 0 aromatic carbocycles. The van der Waals surface area contributed by atoms with Gasteiger partial charge in [0.1, 0.15) is 0 Å². The van der Waals surface area contributed by atoms with Gasteiger partial charge in [0.25, 0.3) is 0 Å². The van der Waals surface area contributed by atoms with E-state index < -0.39 is 5.97 Å². The fraction of sp³-hybridized carbons (Fsp3) is 0.750. The zero-order valence-corrected chi connectivity index (χ0v) is 6.49. The van der Waals surface area contributed by atoms with Gasteiger partial charge in [0, 0.05) is 6.42 Å². The molecule has 0 aromatic heterocycles. The van der Waals surface area contributed by atoms with Crippen LogP contribution in [0.1, 0.15) is 12.8 Å². The van der Waals surface area contributed by atoms with Gasteiger partial charge in [-0.1, -0.05) is 11.8 Å². The number of hydrogen-bond donors (Lipinski definition) is 2. The second kappa shape index (κ2) is 4.79. The Morgan fingerprint density at radius 3 is 2.78 bits per heavy atom. The van der Waals surface area contributed by atoms with Gasteiger partial charge in [-0.05, 0) is 13.8 Å². The molecule has 52 valence electrons. The van der Waals surface area contributed by atoms with Crippen molar-refractivity contribution in [1.29, 1.82) is 0 Å². The van der Waals surface area contributed by atoms with Crippen LogP contribution in [0.15, 0.2) is 0 Å². The highest BCUT2D eigenvalue weighted by Crippen LogP contribution is 2.05. The van der Waals surface area contributed by atoms with Crippen molar-refractivity contribution < 1.29 is 9.90 Å². The summed E-state index contributed by atoms with van der Waals surface area (Å²) in [5.74, 6) is -0.972. The summed E-state index contributed by atoms with van der Waals surface area (Å²) in [6.07, 6.45) is 0.588. The average molecular weight is 165 g/mol. The normalized spacial score (nSPS) is 13.4. The van der Waals surface area contributed by atoms with Crippen molar-refractivity contribution in [3.05, 3.63) is 0 Å². The van der Waals surface area contributed by atoms with Gasteiger partial charge in [0.15, 0.2) is 0 Å². The van der Waals surface area contributed by atoms with E-state index in [2.05, 4.69) is 11.8 Å². The predicted octanol–water partition coefficient (Wildman–Crippen LogP) is 0.544. The van der Waals surface area contributed by atoms with Crippen molar-refractivity contribution in [3.8, 4) is 0 Å². The van der Waals surface area contributed by atoms with E-state index in [0.717, 1.165) is 0 Å². The highest BCUT2D eigenvalue weighted by Gasteiger charge is 2.01. The number of carbonyl (C=O) groups is 1. The van der Waals surface area contributed by atoms with E-state index in [1.807, 2.05) is 0 Å². The van der Waals surface area contributed by atoms with Gasteiger partial charge < -0.3 is 10.8 Å². The summed E-state index contributed by atoms with van der Waals surface area (Å²) in [6.45, 7) is 0. The molecule has 0 heterocycles. The first-order chi connectivity index (χ1) is 4.16. The smallest absolute Gasteiger partial charge is 0.303 e. The molecule has 3 N–H and O–H groups in total. The van der Waals surface area contributed by atoms with Gasteiger partial charge in [-0.3, -0.25) is 4.79 Å². The first-order valence-electron chi connectivity index (χ1n) is 2.46. The van der Waals surface area contributed by atoms with Crippen LogP contribution in [-0.2, 0) is 16.6 Å². The summed E-state index contributed by atoms with van der Waals surface area (Å²) in [5, 5.41) is 8.17. The molecular formula is C4H8NO2PS. The van der Waals surface area contributed by atoms with Crippen LogP contribution in [0.4, 0.5) is 0 Å². The zero-order valence-electron chi connectivity index (χ0n) is 4.78. The van der Waals surface area contributed by atoms with E-state index in [1.165, 1.54) is 0 Å². The summed E-state index contributed by atoms with van der Waals surface area (Å²) in [7, 11) is 0.647. The maximum absolute atomic E-state index is 9.93. The Bertz CT molecular complexity index is 119. The minimum atomic E-state index is -0.816. The van der Waals surface area contributed by atoms with Crippen LogP contribution < -0.4 is 5.73 Å². The number of aliphatic carboxylic acids is 1. The molecule has 1 atom stereocenters. The van der Waals surface area contributed by atoms with Crippen molar-refractivity contribution in [2.75, 3.05) is 0 Å². The number of rotatable bonds is 4. The van der Waals surface area contributed by atoms with Crippen molar-refractivity contribution in [1.82, 2.24) is 0 Å². The van der Waals surface area contributed by atoms with Crippen LogP contribution in [0.5, 0.6) is 0 Å². The third kappa shape index (κ3) is 5.83. The number of carboxylic acid groups (broad SMARTS) is 1. The number of hydrogen-bond acceptors (Lipinski definition) is 3. The lowest BCUT2D eigenvalue weighted by molar-refractivity contribution is -0.137. The summed E-state index contributed by atoms with van der Waals surface area (Å²) >= 11 is 4.58. The SMILES string of the molecule is NC(CCC(=O)O)P=S. The Hall–Kier alpha value is -0.0500. The standard InChI is InChI=1S/C4H8NO2PS/c5-3(8-9)1-2-4(6)7/h3H,1-2,5H2,(H,6,7). The molecule has 0 bridgehead atoms. The molecule has 0 rings (SSSR count). The summed E-state index contributed by atoms with van der Waals surface area (Å²) in [5.41, 5.74) is 5.34. The summed E-state index contributed by atoms with van der Waals surface area (Å²) < 4.78 is 0. The summed E-state index contributed by atoms with van der Waals surface area (Å²) in [6, 6.07) is 0. The highest BCUT2D eigenvalue weighted by molar-refractivity contribution is 7.96. The van der Waals surface area contributed by atoms with Gasteiger partial charge >= 0.3 is 5.97 Å². The Morgan fingerprint density at radius 1 is 1.89 bits per heavy atom. The lowest BCUT2D eigenvalue weighted by atomic mass is 10.3. The quantitative estimate of drug-likeness (QED) is 0.597. The number of nitrogens with two attached hydrogens (primary N) is 1. The van der Waals surface area contributed by atoms with Gasteiger partial charge in [-0.25, -0.2) is 0 Å². The van der Waals surface area contributed by atoms with Crippen LogP contribution in [0.3, 0.4) is 0 Å². The predicted molar refractivity (Wildman–Crippen MR) is 39.1 cm³/mol. The minimum absolute atomic E-state index is 0.116. The van der Waals surface area contributed by atoms with Gasteiger partial charge in [-0.15, -0.1) is 0 Å². The molecule has 0 aliphatic heterocycles. The molecule has 0 aliphatic rings. The molecule has 0 saturated heterocycles. The molecular weight excluding hydrogens is 157 g/mol. The second-order valence-corrected chi connectivity index (χ2v) is 3.11. The molecule has 0 fully saturated rings. The summed E-state index contributed by atoms with van der Waals surface area (Å²) in [4.78, 5) is 9.93. The molecule has 3 nitrogen and oxygen atoms in total. The first-order valence-corrected chi connectivity index (χ1v) is 4.44. The third-order valence-corrected chi connectivity index (χ3v) is 2.13. The van der Waals surface area contributed by atoms with E-state index in [0.29, 0.717) is 13.8 Å². The van der Waals surface area contributed by atoms with Gasteiger partial charge in [0.2, 0.25) is 0 Å². The fourth-order valence-electron chi connectivity index (χ4n) is 0.324. The van der Waals surface area contributed by atoms with Crippen molar-refractivity contribution in [3.63, 3.8) is 0 Å². The van der Waals surface area contributed by atoms with E-state index in [-0.39, 0.29) is 12.2 Å². The zero-order chi connectivity index (χ0) is 7.28. The van der Waals surface area contributed by atoms with Crippen LogP contribution in [0.2, 0.25) is 0 Å². The topological polar surface area (TPSA) is 63.3 Å². The third-order valence-electron chi connectivity index (χ3n) is 0.789. The van der Waals surface area contributed by atoms with E-state index >= 15 is 0 Å². The molecule has 0 amide bonds. The van der Waals surface area contributed by atoms with Crippen LogP contribution in [0, 0.1) is 0 Å². The largest absolute Gasteiger partial charge is 0.481 e. The average Bonchev–Trinajstić information content (AvgIpc) is 1.83. The molecule has 1 unspecified atom stereocenters. The molecule has 0 aliphatic carbocycles. The minimum Gasteiger partial charge on any atom is -0.481 e. The van der Waals surface area contributed by atoms with E-state index in [9.17, 15) is 4.79 Å². The van der Waals surface area contributed by atoms with Gasteiger partial charge in [-0.2, -0.15) is 0 Å². The first kappa shape index (κ1) is 8.95. The Kier molecular flexibility index (Phi) is 4.77. The maximum atomic E-state index is 9.93. The molecule has 5 heteroatoms. The number of carboxylic acids is 1. The van der Waals surface area contributed by atoms with Crippen molar-refractivity contribution >= 4 is 25.1 Å². The Labute approximate surface area is 60.1 Å². The van der Waals surface area contributed by atoms with Crippen LogP contribution in [-0.4, -0.2) is 16.9 Å². The molecule has 0 radical (unpaired) electrons. The van der Waals surface area contributed by atoms with Gasteiger partial charge in [0.05, 0.1) is 5.78 Å². The second-order valence-electron chi connectivity index (χ2n) is 1.61. The molecule has 0 spiro atoms. The lowest BCUT2D eigenvalue weighted by Gasteiger charge is -1.98. The fourth-order valence-corrected chi connectivity index (χ4v) is 0.875. The highest BCUT2D eigenvalue weighted by atomic mass is 32.4. The van der Waals surface area contributed by atoms with Crippen LogP contribution in [0.25, 0.3) is 0 Å². The van der Waals surface area contributed by atoms with E-state index in [1.54, 1.807) is 0 Å². The molecule has 9 heavy (non-hydrogen) atoms. The lowest BCUT2D eigenvalue weighted by Crippen LogP contribution is -2.13. The van der Waals surface area contributed by atoms with Crippen LogP contribution >= 0.6 is 7.36 Å². The maximum Gasteiger partial charge on any atom is 0.303 e. The van der Waals surface area contributed by atoms with E-state index in [4.69, 9.17) is 10.8 Å². The Balaban J connectivity index is 3.26. The van der Waals surface area contributed by atoms with Crippen molar-refractivity contribution in [2.45, 2.75) is 18.6 Å². The van der Waals surface area contributed by atoms with Crippen molar-refractivity contribution in [2.24, 2.45) is 5.73 Å². The monoisotopic (exact) mass is 165 g/mol. The molecule has 0 aromatic rings.